The Kier molecular flexibility index (Phi) is 4.34. The van der Waals surface area contributed by atoms with Crippen molar-refractivity contribution in [3.8, 4) is 5.75 Å². The van der Waals surface area contributed by atoms with E-state index in [0.717, 1.165) is 0 Å². The number of hydrogen-bond acceptors (Lipinski definition) is 6. The molecule has 0 N–H and O–H groups in total. The Bertz CT molecular complexity index is 887. The Balaban J connectivity index is 2.29. The maximum Gasteiger partial charge on any atom is 0.342 e. The molecule has 0 saturated heterocycles. The first kappa shape index (κ1) is 17.2. The van der Waals surface area contributed by atoms with Crippen molar-refractivity contribution >= 4 is 33.8 Å². The maximum atomic E-state index is 12.3. The Hall–Kier alpha value is -2.67. The van der Waals surface area contributed by atoms with Crippen LogP contribution in [0.4, 0.5) is 0 Å². The van der Waals surface area contributed by atoms with Crippen molar-refractivity contribution in [1.82, 2.24) is 0 Å². The standard InChI is InChI=1S/C18H13BrO6/c1-10(20)23-16-8-7-12(19)9-15(16)18(24-11(2)21)14-6-4-3-5-13(14)17(22)25-18/h3-9H,1-2H3. The smallest absolute Gasteiger partial charge is 0.342 e. The van der Waals surface area contributed by atoms with Gasteiger partial charge < -0.3 is 14.2 Å². The SMILES string of the molecule is CC(=O)Oc1ccc(Br)cc1C1(OC(C)=O)OC(=O)c2ccccc21. The number of benzene rings is 2. The van der Waals surface area contributed by atoms with E-state index in [4.69, 9.17) is 14.2 Å². The summed E-state index contributed by atoms with van der Waals surface area (Å²) in [5.41, 5.74) is 0.866. The number of hydrogen-bond donors (Lipinski definition) is 0. The lowest BCUT2D eigenvalue weighted by molar-refractivity contribution is -0.191. The molecule has 6 nitrogen and oxygen atoms in total. The highest BCUT2D eigenvalue weighted by Gasteiger charge is 2.52. The van der Waals surface area contributed by atoms with E-state index in [2.05, 4.69) is 15.9 Å². The molecule has 2 aromatic rings. The molecule has 7 heteroatoms. The number of ether oxygens (including phenoxy) is 3. The van der Waals surface area contributed by atoms with Crippen molar-refractivity contribution in [3.63, 3.8) is 0 Å². The first-order valence-electron chi connectivity index (χ1n) is 7.34. The zero-order chi connectivity index (χ0) is 18.2. The zero-order valence-electron chi connectivity index (χ0n) is 13.4. The quantitative estimate of drug-likeness (QED) is 0.576. The first-order valence-corrected chi connectivity index (χ1v) is 8.13. The molecular weight excluding hydrogens is 392 g/mol. The van der Waals surface area contributed by atoms with Gasteiger partial charge in [0.2, 0.25) is 0 Å². The minimum Gasteiger partial charge on any atom is -0.426 e. The summed E-state index contributed by atoms with van der Waals surface area (Å²) in [6, 6.07) is 11.3. The molecule has 1 heterocycles. The number of fused-ring (bicyclic) bond motifs is 1. The van der Waals surface area contributed by atoms with E-state index in [-0.39, 0.29) is 16.9 Å². The number of carbonyl (C=O) groups is 3. The van der Waals surface area contributed by atoms with Crippen LogP contribution in [0.25, 0.3) is 0 Å². The normalized spacial score (nSPS) is 18.3. The van der Waals surface area contributed by atoms with Crippen molar-refractivity contribution in [2.24, 2.45) is 0 Å². The molecular formula is C18H13BrO6. The van der Waals surface area contributed by atoms with Gasteiger partial charge in [-0.15, -0.1) is 0 Å². The monoisotopic (exact) mass is 404 g/mol. The second-order valence-corrected chi connectivity index (χ2v) is 6.30. The third-order valence-electron chi connectivity index (χ3n) is 3.58. The van der Waals surface area contributed by atoms with Crippen molar-refractivity contribution in [1.29, 1.82) is 0 Å². The Morgan fingerprint density at radius 3 is 2.44 bits per heavy atom. The van der Waals surface area contributed by atoms with Gasteiger partial charge in [0.25, 0.3) is 0 Å². The molecule has 25 heavy (non-hydrogen) atoms. The number of cyclic esters (lactones) is 1. The number of halogens is 1. The van der Waals surface area contributed by atoms with Crippen molar-refractivity contribution in [3.05, 3.63) is 63.6 Å². The summed E-state index contributed by atoms with van der Waals surface area (Å²) >= 11 is 3.33. The van der Waals surface area contributed by atoms with E-state index in [1.165, 1.54) is 19.9 Å². The molecule has 0 aromatic heterocycles. The van der Waals surface area contributed by atoms with Crippen molar-refractivity contribution < 1.29 is 28.6 Å². The largest absolute Gasteiger partial charge is 0.426 e. The minimum absolute atomic E-state index is 0.126. The van der Waals surface area contributed by atoms with Gasteiger partial charge in [0.15, 0.2) is 0 Å². The molecule has 1 aliphatic rings. The van der Waals surface area contributed by atoms with Crippen LogP contribution in [0.1, 0.15) is 35.3 Å². The lowest BCUT2D eigenvalue weighted by Gasteiger charge is -2.29. The maximum absolute atomic E-state index is 12.3. The van der Waals surface area contributed by atoms with Crippen LogP contribution in [0, 0.1) is 0 Å². The molecule has 0 saturated carbocycles. The third-order valence-corrected chi connectivity index (χ3v) is 4.07. The fourth-order valence-corrected chi connectivity index (χ4v) is 3.09. The van der Waals surface area contributed by atoms with Gasteiger partial charge in [-0.2, -0.15) is 0 Å². The van der Waals surface area contributed by atoms with Crippen LogP contribution in [0.5, 0.6) is 5.75 Å². The van der Waals surface area contributed by atoms with Gasteiger partial charge in [0.05, 0.1) is 16.7 Å². The molecule has 2 aromatic carbocycles. The van der Waals surface area contributed by atoms with Crippen LogP contribution in [-0.2, 0) is 24.8 Å². The van der Waals surface area contributed by atoms with E-state index in [1.807, 2.05) is 0 Å². The number of carbonyl (C=O) groups excluding carboxylic acids is 3. The first-order chi connectivity index (χ1) is 11.8. The fourth-order valence-electron chi connectivity index (χ4n) is 2.73. The summed E-state index contributed by atoms with van der Waals surface area (Å²) in [5.74, 6) is -3.54. The summed E-state index contributed by atoms with van der Waals surface area (Å²) in [6.07, 6.45) is 0. The average Bonchev–Trinajstić information content (AvgIpc) is 2.82. The minimum atomic E-state index is -1.83. The van der Waals surface area contributed by atoms with E-state index >= 15 is 0 Å². The van der Waals surface area contributed by atoms with Gasteiger partial charge in [-0.05, 0) is 30.3 Å². The van der Waals surface area contributed by atoms with Crippen LogP contribution in [0.15, 0.2) is 46.9 Å². The highest BCUT2D eigenvalue weighted by Crippen LogP contribution is 2.47. The van der Waals surface area contributed by atoms with Gasteiger partial charge >= 0.3 is 23.7 Å². The highest BCUT2D eigenvalue weighted by molar-refractivity contribution is 9.10. The molecule has 3 rings (SSSR count). The summed E-state index contributed by atoms with van der Waals surface area (Å²) in [4.78, 5) is 35.6. The molecule has 0 amide bonds. The Labute approximate surface area is 151 Å². The van der Waals surface area contributed by atoms with Gasteiger partial charge in [-0.3, -0.25) is 9.59 Å². The molecule has 0 spiro atoms. The predicted octanol–water partition coefficient (Wildman–Crippen LogP) is 3.31. The van der Waals surface area contributed by atoms with Crippen LogP contribution < -0.4 is 4.74 Å². The van der Waals surface area contributed by atoms with Gasteiger partial charge in [-0.25, -0.2) is 4.79 Å². The van der Waals surface area contributed by atoms with E-state index in [1.54, 1.807) is 36.4 Å². The van der Waals surface area contributed by atoms with Crippen LogP contribution in [-0.4, -0.2) is 17.9 Å². The lowest BCUT2D eigenvalue weighted by atomic mass is 9.94. The summed E-state index contributed by atoms with van der Waals surface area (Å²) < 4.78 is 16.8. The molecule has 1 aliphatic heterocycles. The zero-order valence-corrected chi connectivity index (χ0v) is 15.0. The van der Waals surface area contributed by atoms with Crippen molar-refractivity contribution in [2.75, 3.05) is 0 Å². The highest BCUT2D eigenvalue weighted by atomic mass is 79.9. The number of rotatable bonds is 3. The predicted molar refractivity (Wildman–Crippen MR) is 89.9 cm³/mol. The van der Waals surface area contributed by atoms with Gasteiger partial charge in [-0.1, -0.05) is 28.1 Å². The van der Waals surface area contributed by atoms with Crippen LogP contribution in [0.2, 0.25) is 0 Å². The third kappa shape index (κ3) is 3.02. The van der Waals surface area contributed by atoms with E-state index in [0.29, 0.717) is 10.0 Å². The molecule has 128 valence electrons. The molecule has 0 fully saturated rings. The molecule has 1 unspecified atom stereocenters. The number of esters is 3. The van der Waals surface area contributed by atoms with E-state index < -0.39 is 23.7 Å². The topological polar surface area (TPSA) is 78.9 Å². The lowest BCUT2D eigenvalue weighted by Crippen LogP contribution is -2.34. The molecule has 0 radical (unpaired) electrons. The van der Waals surface area contributed by atoms with Crippen LogP contribution >= 0.6 is 15.9 Å². The average molecular weight is 405 g/mol. The van der Waals surface area contributed by atoms with Crippen molar-refractivity contribution in [2.45, 2.75) is 19.6 Å². The Morgan fingerprint density at radius 1 is 1.04 bits per heavy atom. The second kappa shape index (κ2) is 6.33. The summed E-state index contributed by atoms with van der Waals surface area (Å²) in [7, 11) is 0. The second-order valence-electron chi connectivity index (χ2n) is 5.38. The molecule has 0 bridgehead atoms. The van der Waals surface area contributed by atoms with E-state index in [9.17, 15) is 14.4 Å². The fraction of sp³-hybridized carbons (Fsp3) is 0.167. The molecule has 0 aliphatic carbocycles. The summed E-state index contributed by atoms with van der Waals surface area (Å²) in [5, 5.41) is 0. The van der Waals surface area contributed by atoms with Crippen LogP contribution in [0.3, 0.4) is 0 Å². The summed E-state index contributed by atoms with van der Waals surface area (Å²) in [6.45, 7) is 2.46. The molecule has 1 atom stereocenters. The Morgan fingerprint density at radius 2 is 1.76 bits per heavy atom. The van der Waals surface area contributed by atoms with Gasteiger partial charge in [0, 0.05) is 18.3 Å². The van der Waals surface area contributed by atoms with Gasteiger partial charge in [0.1, 0.15) is 5.75 Å².